The predicted molar refractivity (Wildman–Crippen MR) is 77.7 cm³/mol. The van der Waals surface area contributed by atoms with Gasteiger partial charge in [-0.05, 0) is 37.1 Å². The molecule has 4 rings (SSSR count). The summed E-state index contributed by atoms with van der Waals surface area (Å²) in [5.41, 5.74) is 0.782. The second kappa shape index (κ2) is 5.19. The molecule has 2 heterocycles. The van der Waals surface area contributed by atoms with Gasteiger partial charge >= 0.3 is 0 Å². The molecule has 0 bridgehead atoms. The Morgan fingerprint density at radius 2 is 2.00 bits per heavy atom. The zero-order valence-electron chi connectivity index (χ0n) is 12.2. The van der Waals surface area contributed by atoms with Gasteiger partial charge in [-0.1, -0.05) is 5.16 Å². The molecule has 0 spiro atoms. The van der Waals surface area contributed by atoms with E-state index in [0.29, 0.717) is 18.0 Å². The Balaban J connectivity index is 1.51. The summed E-state index contributed by atoms with van der Waals surface area (Å²) in [7, 11) is 0. The van der Waals surface area contributed by atoms with Crippen LogP contribution in [0.2, 0.25) is 0 Å². The quantitative estimate of drug-likeness (QED) is 0.867. The highest BCUT2D eigenvalue weighted by Crippen LogP contribution is 2.30. The Morgan fingerprint density at radius 3 is 2.70 bits per heavy atom. The fourth-order valence-electron chi connectivity index (χ4n) is 2.70. The van der Waals surface area contributed by atoms with Gasteiger partial charge in [0.2, 0.25) is 5.91 Å². The van der Waals surface area contributed by atoms with Crippen molar-refractivity contribution in [3.8, 4) is 11.3 Å². The molecule has 0 atom stereocenters. The summed E-state index contributed by atoms with van der Waals surface area (Å²) in [5.74, 6) is -0.319. The fourth-order valence-corrected chi connectivity index (χ4v) is 2.70. The summed E-state index contributed by atoms with van der Waals surface area (Å²) in [5, 5.41) is 3.78. The molecule has 118 valence electrons. The van der Waals surface area contributed by atoms with E-state index < -0.39 is 0 Å². The van der Waals surface area contributed by atoms with Crippen molar-refractivity contribution in [1.82, 2.24) is 15.0 Å². The first-order valence-electron chi connectivity index (χ1n) is 7.43. The highest BCUT2D eigenvalue weighted by molar-refractivity contribution is 5.97. The molecule has 0 radical (unpaired) electrons. The molecule has 7 heteroatoms. The SMILES string of the molecule is O=C(c1cc(-c2ccc(F)cc2)on1)N1CC(=O)N(C2CC2)C1. The number of nitrogens with zero attached hydrogens (tertiary/aromatic N) is 3. The lowest BCUT2D eigenvalue weighted by atomic mass is 10.1. The van der Waals surface area contributed by atoms with E-state index in [1.807, 2.05) is 0 Å². The first kappa shape index (κ1) is 13.9. The van der Waals surface area contributed by atoms with Gasteiger partial charge in [0.05, 0.1) is 6.67 Å². The second-order valence-corrected chi connectivity index (χ2v) is 5.82. The number of hydrogen-bond donors (Lipinski definition) is 0. The number of halogens is 1. The van der Waals surface area contributed by atoms with E-state index in [-0.39, 0.29) is 35.9 Å². The van der Waals surface area contributed by atoms with Crippen LogP contribution < -0.4 is 0 Å². The van der Waals surface area contributed by atoms with Crippen molar-refractivity contribution in [2.75, 3.05) is 13.2 Å². The van der Waals surface area contributed by atoms with Crippen LogP contribution in [0.5, 0.6) is 0 Å². The van der Waals surface area contributed by atoms with E-state index in [0.717, 1.165) is 12.8 Å². The number of aromatic nitrogens is 1. The second-order valence-electron chi connectivity index (χ2n) is 5.82. The lowest BCUT2D eigenvalue weighted by Gasteiger charge is -2.16. The Bertz CT molecular complexity index is 767. The van der Waals surface area contributed by atoms with Gasteiger partial charge in [-0.3, -0.25) is 9.59 Å². The maximum atomic E-state index is 12.9. The Labute approximate surface area is 131 Å². The number of benzene rings is 1. The topological polar surface area (TPSA) is 66.7 Å². The van der Waals surface area contributed by atoms with Gasteiger partial charge in [-0.15, -0.1) is 0 Å². The molecule has 2 fully saturated rings. The summed E-state index contributed by atoms with van der Waals surface area (Å²) in [4.78, 5) is 27.6. The fraction of sp³-hybridized carbons (Fsp3) is 0.312. The molecule has 1 aromatic heterocycles. The van der Waals surface area contributed by atoms with Gasteiger partial charge in [0.15, 0.2) is 11.5 Å². The molecule has 0 N–H and O–H groups in total. The van der Waals surface area contributed by atoms with Crippen molar-refractivity contribution in [3.05, 3.63) is 41.8 Å². The summed E-state index contributed by atoms with van der Waals surface area (Å²) in [6, 6.07) is 7.53. The minimum absolute atomic E-state index is 0.0249. The Morgan fingerprint density at radius 1 is 1.26 bits per heavy atom. The lowest BCUT2D eigenvalue weighted by molar-refractivity contribution is -0.127. The van der Waals surface area contributed by atoms with E-state index in [2.05, 4.69) is 5.16 Å². The number of amides is 2. The molecule has 1 aliphatic heterocycles. The predicted octanol–water partition coefficient (Wildman–Crippen LogP) is 1.89. The molecule has 1 aliphatic carbocycles. The molecule has 2 aliphatic rings. The monoisotopic (exact) mass is 315 g/mol. The summed E-state index contributed by atoms with van der Waals surface area (Å²) >= 11 is 0. The number of hydrogen-bond acceptors (Lipinski definition) is 4. The molecule has 2 amide bonds. The largest absolute Gasteiger partial charge is 0.355 e. The van der Waals surface area contributed by atoms with Crippen LogP contribution in [0.15, 0.2) is 34.9 Å². The average Bonchev–Trinajstić information content (AvgIpc) is 3.13. The number of rotatable bonds is 3. The summed E-state index contributed by atoms with van der Waals surface area (Å²) < 4.78 is 18.1. The van der Waals surface area contributed by atoms with Crippen LogP contribution in [-0.4, -0.2) is 46.0 Å². The molecule has 1 saturated carbocycles. The van der Waals surface area contributed by atoms with Crippen molar-refractivity contribution < 1.29 is 18.5 Å². The van der Waals surface area contributed by atoms with Crippen LogP contribution in [-0.2, 0) is 4.79 Å². The van der Waals surface area contributed by atoms with Crippen molar-refractivity contribution in [1.29, 1.82) is 0 Å². The van der Waals surface area contributed by atoms with E-state index >= 15 is 0 Å². The van der Waals surface area contributed by atoms with Crippen LogP contribution in [0.4, 0.5) is 4.39 Å². The maximum Gasteiger partial charge on any atom is 0.277 e. The maximum absolute atomic E-state index is 12.9. The standard InChI is InChI=1S/C16H14FN3O3/c17-11-3-1-10(2-4-11)14-7-13(18-23-14)16(22)19-8-15(21)20(9-19)12-5-6-12/h1-4,7,12H,5-6,8-9H2. The molecule has 6 nitrogen and oxygen atoms in total. The number of carbonyl (C=O) groups excluding carboxylic acids is 2. The first-order chi connectivity index (χ1) is 11.1. The molecular formula is C16H14FN3O3. The third-order valence-electron chi connectivity index (χ3n) is 4.10. The highest BCUT2D eigenvalue weighted by atomic mass is 19.1. The average molecular weight is 315 g/mol. The van der Waals surface area contributed by atoms with Gasteiger partial charge in [0.1, 0.15) is 12.4 Å². The van der Waals surface area contributed by atoms with Crippen molar-refractivity contribution in [3.63, 3.8) is 0 Å². The minimum atomic E-state index is -0.347. The van der Waals surface area contributed by atoms with Crippen LogP contribution in [0.25, 0.3) is 11.3 Å². The normalized spacial score (nSPS) is 17.9. The van der Waals surface area contributed by atoms with Gasteiger partial charge < -0.3 is 14.3 Å². The molecule has 23 heavy (non-hydrogen) atoms. The summed E-state index contributed by atoms with van der Waals surface area (Å²) in [6.07, 6.45) is 2.01. The Hall–Kier alpha value is -2.70. The van der Waals surface area contributed by atoms with Crippen LogP contribution >= 0.6 is 0 Å². The van der Waals surface area contributed by atoms with E-state index in [9.17, 15) is 14.0 Å². The van der Waals surface area contributed by atoms with Gasteiger partial charge in [0, 0.05) is 17.7 Å². The van der Waals surface area contributed by atoms with E-state index in [1.165, 1.54) is 23.1 Å². The van der Waals surface area contributed by atoms with E-state index in [4.69, 9.17) is 4.52 Å². The molecular weight excluding hydrogens is 301 g/mol. The van der Waals surface area contributed by atoms with Crippen LogP contribution in [0, 0.1) is 5.82 Å². The van der Waals surface area contributed by atoms with Gasteiger partial charge in [-0.25, -0.2) is 4.39 Å². The minimum Gasteiger partial charge on any atom is -0.355 e. The molecule has 1 aromatic carbocycles. The van der Waals surface area contributed by atoms with Crippen molar-refractivity contribution in [2.45, 2.75) is 18.9 Å². The van der Waals surface area contributed by atoms with Gasteiger partial charge in [-0.2, -0.15) is 0 Å². The van der Waals surface area contributed by atoms with Crippen molar-refractivity contribution in [2.24, 2.45) is 0 Å². The highest BCUT2D eigenvalue weighted by Gasteiger charge is 2.40. The van der Waals surface area contributed by atoms with Crippen LogP contribution in [0.3, 0.4) is 0 Å². The first-order valence-corrected chi connectivity index (χ1v) is 7.43. The Kier molecular flexibility index (Phi) is 3.14. The number of carbonyl (C=O) groups is 2. The lowest BCUT2D eigenvalue weighted by Crippen LogP contribution is -2.32. The smallest absolute Gasteiger partial charge is 0.277 e. The zero-order chi connectivity index (χ0) is 16.0. The van der Waals surface area contributed by atoms with Crippen molar-refractivity contribution >= 4 is 11.8 Å². The molecule has 0 unspecified atom stereocenters. The van der Waals surface area contributed by atoms with E-state index in [1.54, 1.807) is 17.0 Å². The van der Waals surface area contributed by atoms with Crippen LogP contribution in [0.1, 0.15) is 23.3 Å². The third-order valence-corrected chi connectivity index (χ3v) is 4.10. The molecule has 1 saturated heterocycles. The zero-order valence-corrected chi connectivity index (χ0v) is 12.2. The summed E-state index contributed by atoms with van der Waals surface area (Å²) in [6.45, 7) is 0.384. The third kappa shape index (κ3) is 2.58. The van der Waals surface area contributed by atoms with Gasteiger partial charge in [0.25, 0.3) is 5.91 Å². The molecule has 2 aromatic rings.